The standard InChI is InChI=1S/C30H18O10/c1-9-3-17(33)27(37)23-19(9)25(35)15-7-11(31)5-13(21(15)29(23)39)14-6-12(32)8-16-22(14)30(40)24-20(26(16)36)10(2)4-18(34)28(24)38/h3-8,31-34,37-38H,1-2H3. The number of benzene rings is 4. The zero-order chi connectivity index (χ0) is 28.9. The van der Waals surface area contributed by atoms with E-state index in [9.17, 15) is 49.8 Å². The molecule has 0 saturated carbocycles. The Morgan fingerprint density at radius 3 is 1.07 bits per heavy atom. The predicted octanol–water partition coefficient (Wildman–Crippen LogP) is 3.75. The molecule has 40 heavy (non-hydrogen) atoms. The number of ketones is 4. The third-order valence-electron chi connectivity index (χ3n) is 7.34. The van der Waals surface area contributed by atoms with E-state index < -0.39 is 68.8 Å². The molecule has 198 valence electrons. The molecule has 4 aromatic carbocycles. The summed E-state index contributed by atoms with van der Waals surface area (Å²) >= 11 is 0. The van der Waals surface area contributed by atoms with Crippen molar-refractivity contribution in [3.63, 3.8) is 0 Å². The molecule has 10 heteroatoms. The molecule has 0 heterocycles. The number of phenols is 6. The Morgan fingerprint density at radius 1 is 0.400 bits per heavy atom. The predicted molar refractivity (Wildman–Crippen MR) is 138 cm³/mol. The molecule has 0 atom stereocenters. The highest BCUT2D eigenvalue weighted by Gasteiger charge is 2.41. The van der Waals surface area contributed by atoms with E-state index in [-0.39, 0.29) is 55.6 Å². The highest BCUT2D eigenvalue weighted by molar-refractivity contribution is 6.35. The van der Waals surface area contributed by atoms with Crippen molar-refractivity contribution in [1.82, 2.24) is 0 Å². The van der Waals surface area contributed by atoms with Crippen LogP contribution in [-0.2, 0) is 0 Å². The first-order valence-corrected chi connectivity index (χ1v) is 11.9. The van der Waals surface area contributed by atoms with Gasteiger partial charge in [0.1, 0.15) is 11.5 Å². The monoisotopic (exact) mass is 538 g/mol. The molecule has 0 unspecified atom stereocenters. The Hall–Kier alpha value is -5.64. The summed E-state index contributed by atoms with van der Waals surface area (Å²) in [5.74, 6) is -7.26. The molecule has 0 bridgehead atoms. The van der Waals surface area contributed by atoms with E-state index in [1.807, 2.05) is 0 Å². The second-order valence-electron chi connectivity index (χ2n) is 9.77. The minimum atomic E-state index is -0.917. The lowest BCUT2D eigenvalue weighted by Gasteiger charge is -2.26. The number of hydrogen-bond donors (Lipinski definition) is 6. The van der Waals surface area contributed by atoms with Crippen LogP contribution in [0.4, 0.5) is 0 Å². The lowest BCUT2D eigenvalue weighted by atomic mass is 9.74. The first kappa shape index (κ1) is 24.7. The van der Waals surface area contributed by atoms with Crippen molar-refractivity contribution in [3.8, 4) is 45.6 Å². The molecule has 0 amide bonds. The van der Waals surface area contributed by atoms with Crippen LogP contribution in [0, 0.1) is 13.8 Å². The van der Waals surface area contributed by atoms with Crippen molar-refractivity contribution in [2.24, 2.45) is 0 Å². The lowest BCUT2D eigenvalue weighted by molar-refractivity contribution is 0.0974. The summed E-state index contributed by atoms with van der Waals surface area (Å²) in [5, 5.41) is 62.5. The van der Waals surface area contributed by atoms with Crippen LogP contribution in [0.15, 0.2) is 36.4 Å². The van der Waals surface area contributed by atoms with Gasteiger partial charge < -0.3 is 30.6 Å². The normalized spacial score (nSPS) is 13.6. The summed E-state index contributed by atoms with van der Waals surface area (Å²) in [5.41, 5.74) is -2.67. The van der Waals surface area contributed by atoms with Gasteiger partial charge in [-0.15, -0.1) is 0 Å². The van der Waals surface area contributed by atoms with Crippen LogP contribution in [0.3, 0.4) is 0 Å². The minimum absolute atomic E-state index is 0.182. The summed E-state index contributed by atoms with van der Waals surface area (Å²) in [4.78, 5) is 54.7. The van der Waals surface area contributed by atoms with Gasteiger partial charge >= 0.3 is 0 Å². The number of fused-ring (bicyclic) bond motifs is 4. The van der Waals surface area contributed by atoms with E-state index in [4.69, 9.17) is 0 Å². The fourth-order valence-corrected chi connectivity index (χ4v) is 5.65. The van der Waals surface area contributed by atoms with Crippen LogP contribution in [-0.4, -0.2) is 53.8 Å². The Balaban J connectivity index is 1.71. The Labute approximate surface area is 224 Å². The van der Waals surface area contributed by atoms with Crippen molar-refractivity contribution in [1.29, 1.82) is 0 Å². The number of carbonyl (C=O) groups is 4. The van der Waals surface area contributed by atoms with Crippen molar-refractivity contribution in [3.05, 3.63) is 92.0 Å². The van der Waals surface area contributed by atoms with Gasteiger partial charge in [0.2, 0.25) is 0 Å². The van der Waals surface area contributed by atoms with Crippen LogP contribution in [0.5, 0.6) is 34.5 Å². The molecule has 6 rings (SSSR count). The van der Waals surface area contributed by atoms with Crippen LogP contribution >= 0.6 is 0 Å². The molecule has 0 radical (unpaired) electrons. The van der Waals surface area contributed by atoms with Crippen molar-refractivity contribution < 1.29 is 49.8 Å². The van der Waals surface area contributed by atoms with Crippen molar-refractivity contribution >= 4 is 23.1 Å². The summed E-state index contributed by atoms with van der Waals surface area (Å²) in [6.45, 7) is 2.91. The van der Waals surface area contributed by atoms with E-state index in [1.54, 1.807) is 0 Å². The van der Waals surface area contributed by atoms with E-state index in [2.05, 4.69) is 0 Å². The zero-order valence-corrected chi connectivity index (χ0v) is 20.8. The van der Waals surface area contributed by atoms with Gasteiger partial charge in [-0.2, -0.15) is 0 Å². The fraction of sp³-hybridized carbons (Fsp3) is 0.0667. The van der Waals surface area contributed by atoms with Crippen LogP contribution in [0.25, 0.3) is 11.1 Å². The smallest absolute Gasteiger partial charge is 0.199 e. The van der Waals surface area contributed by atoms with Crippen molar-refractivity contribution in [2.45, 2.75) is 13.8 Å². The van der Waals surface area contributed by atoms with Gasteiger partial charge in [0, 0.05) is 33.4 Å². The third-order valence-corrected chi connectivity index (χ3v) is 7.34. The molecule has 0 aliphatic heterocycles. The Morgan fingerprint density at radius 2 is 0.725 bits per heavy atom. The average Bonchev–Trinajstić information content (AvgIpc) is 2.88. The number of hydrogen-bond acceptors (Lipinski definition) is 10. The van der Waals surface area contributed by atoms with E-state index in [1.165, 1.54) is 13.8 Å². The lowest BCUT2D eigenvalue weighted by Crippen LogP contribution is -2.25. The second kappa shape index (κ2) is 7.93. The van der Waals surface area contributed by atoms with Gasteiger partial charge in [-0.25, -0.2) is 0 Å². The molecule has 0 aromatic heterocycles. The van der Waals surface area contributed by atoms with Gasteiger partial charge in [-0.3, -0.25) is 19.2 Å². The quantitative estimate of drug-likeness (QED) is 0.168. The summed E-state index contributed by atoms with van der Waals surface area (Å²) in [6.07, 6.45) is 0. The minimum Gasteiger partial charge on any atom is -0.508 e. The number of rotatable bonds is 1. The van der Waals surface area contributed by atoms with Crippen molar-refractivity contribution in [2.75, 3.05) is 0 Å². The topological polar surface area (TPSA) is 190 Å². The first-order valence-electron chi connectivity index (χ1n) is 11.9. The molecule has 4 aromatic rings. The highest BCUT2D eigenvalue weighted by atomic mass is 16.3. The molecule has 0 fully saturated rings. The maximum absolute atomic E-state index is 13.8. The second-order valence-corrected chi connectivity index (χ2v) is 9.77. The largest absolute Gasteiger partial charge is 0.508 e. The summed E-state index contributed by atoms with van der Waals surface area (Å²) in [7, 11) is 0. The molecule has 2 aliphatic carbocycles. The number of phenolic OH excluding ortho intramolecular Hbond substituents is 6. The SMILES string of the molecule is Cc1cc(O)c(O)c2c1C(=O)c1cc(O)cc(-c3cc(O)cc4c3C(=O)c3c(O)c(O)cc(C)c3C4=O)c1C2=O. The van der Waals surface area contributed by atoms with E-state index in [0.717, 1.165) is 36.4 Å². The fourth-order valence-electron chi connectivity index (χ4n) is 5.65. The van der Waals surface area contributed by atoms with Crippen LogP contribution in [0.1, 0.15) is 74.8 Å². The van der Waals surface area contributed by atoms with Gasteiger partial charge in [-0.05, 0) is 72.5 Å². The molecule has 0 saturated heterocycles. The third kappa shape index (κ3) is 3.04. The Kier molecular flexibility index (Phi) is 4.90. The number of carbonyl (C=O) groups excluding carboxylic acids is 4. The van der Waals surface area contributed by atoms with Gasteiger partial charge in [-0.1, -0.05) is 0 Å². The molecular weight excluding hydrogens is 520 g/mol. The Bertz CT molecular complexity index is 1810. The molecule has 10 nitrogen and oxygen atoms in total. The van der Waals surface area contributed by atoms with Gasteiger partial charge in [0.25, 0.3) is 0 Å². The summed E-state index contributed by atoms with van der Waals surface area (Å²) < 4.78 is 0. The van der Waals surface area contributed by atoms with Gasteiger partial charge in [0.15, 0.2) is 46.1 Å². The van der Waals surface area contributed by atoms with E-state index in [0.29, 0.717) is 0 Å². The number of aryl methyl sites for hydroxylation is 2. The maximum Gasteiger partial charge on any atom is 0.199 e. The van der Waals surface area contributed by atoms with Gasteiger partial charge in [0.05, 0.1) is 11.1 Å². The molecule has 0 spiro atoms. The molecular formula is C30H18O10. The average molecular weight is 538 g/mol. The first-order chi connectivity index (χ1) is 18.8. The molecule has 6 N–H and O–H groups in total. The molecule has 2 aliphatic rings. The summed E-state index contributed by atoms with van der Waals surface area (Å²) in [6, 6.07) is 6.41. The van der Waals surface area contributed by atoms with Crippen LogP contribution in [0.2, 0.25) is 0 Å². The highest BCUT2D eigenvalue weighted by Crippen LogP contribution is 2.48. The van der Waals surface area contributed by atoms with E-state index >= 15 is 0 Å². The zero-order valence-electron chi connectivity index (χ0n) is 20.8. The maximum atomic E-state index is 13.8. The van der Waals surface area contributed by atoms with Crippen LogP contribution < -0.4 is 0 Å². The number of aromatic hydroxyl groups is 6.